The van der Waals surface area contributed by atoms with Gasteiger partial charge >= 0.3 is 6.03 Å². The Morgan fingerprint density at radius 2 is 2.27 bits per heavy atom. The maximum atomic E-state index is 12.0. The van der Waals surface area contributed by atoms with Crippen molar-refractivity contribution >= 4 is 27.9 Å². The zero-order chi connectivity index (χ0) is 15.9. The number of amides is 3. The van der Waals surface area contributed by atoms with Crippen molar-refractivity contribution in [3.8, 4) is 0 Å². The second kappa shape index (κ2) is 8.10. The van der Waals surface area contributed by atoms with E-state index in [1.165, 1.54) is 5.56 Å². The Kier molecular flexibility index (Phi) is 6.15. The molecule has 0 bridgehead atoms. The van der Waals surface area contributed by atoms with Crippen LogP contribution >= 0.6 is 15.9 Å². The van der Waals surface area contributed by atoms with Gasteiger partial charge in [0.25, 0.3) is 0 Å². The molecular weight excluding hydrogens is 346 g/mol. The highest BCUT2D eigenvalue weighted by Gasteiger charge is 2.27. The summed E-state index contributed by atoms with van der Waals surface area (Å²) in [5.74, 6) is -0.288. The minimum atomic E-state index is -0.483. The third-order valence-corrected chi connectivity index (χ3v) is 4.10. The lowest BCUT2D eigenvalue weighted by atomic mass is 10.0. The van der Waals surface area contributed by atoms with Crippen molar-refractivity contribution in [2.24, 2.45) is 0 Å². The van der Waals surface area contributed by atoms with Gasteiger partial charge in [0, 0.05) is 17.1 Å². The van der Waals surface area contributed by atoms with Crippen molar-refractivity contribution in [3.05, 3.63) is 47.0 Å². The number of likely N-dealkylation sites (tertiary alicyclic amines) is 1. The van der Waals surface area contributed by atoms with Gasteiger partial charge in [-0.25, -0.2) is 4.79 Å². The number of halogens is 1. The lowest BCUT2D eigenvalue weighted by molar-refractivity contribution is -0.121. The zero-order valence-electron chi connectivity index (χ0n) is 12.3. The molecule has 2 rings (SSSR count). The summed E-state index contributed by atoms with van der Waals surface area (Å²) < 4.78 is 1.03. The summed E-state index contributed by atoms with van der Waals surface area (Å²) in [5, 5.41) is 4.86. The fraction of sp³-hybridized carbons (Fsp3) is 0.375. The highest BCUT2D eigenvalue weighted by molar-refractivity contribution is 9.10. The van der Waals surface area contributed by atoms with Gasteiger partial charge in [0.05, 0.1) is 6.54 Å². The third-order valence-electron chi connectivity index (χ3n) is 3.60. The van der Waals surface area contributed by atoms with Crippen LogP contribution in [0.3, 0.4) is 0 Å². The molecule has 2 N–H and O–H groups in total. The van der Waals surface area contributed by atoms with E-state index in [9.17, 15) is 9.59 Å². The zero-order valence-corrected chi connectivity index (χ0v) is 13.9. The number of hydrogen-bond donors (Lipinski definition) is 2. The van der Waals surface area contributed by atoms with Crippen molar-refractivity contribution in [3.63, 3.8) is 0 Å². The fourth-order valence-electron chi connectivity index (χ4n) is 2.67. The van der Waals surface area contributed by atoms with E-state index in [2.05, 4.69) is 50.2 Å². The molecule has 1 aromatic carbocycles. The van der Waals surface area contributed by atoms with Gasteiger partial charge in [-0.3, -0.25) is 15.0 Å². The van der Waals surface area contributed by atoms with Crippen molar-refractivity contribution in [1.82, 2.24) is 15.5 Å². The number of hydrogen-bond acceptors (Lipinski definition) is 3. The van der Waals surface area contributed by atoms with E-state index in [1.807, 2.05) is 12.1 Å². The van der Waals surface area contributed by atoms with Crippen LogP contribution in [-0.4, -0.2) is 36.5 Å². The molecule has 1 heterocycles. The summed E-state index contributed by atoms with van der Waals surface area (Å²) in [6, 6.07) is 7.88. The molecule has 1 fully saturated rings. The van der Waals surface area contributed by atoms with Gasteiger partial charge in [0.15, 0.2) is 0 Å². The van der Waals surface area contributed by atoms with Gasteiger partial charge in [-0.1, -0.05) is 34.1 Å². The first kappa shape index (κ1) is 16.7. The molecule has 0 radical (unpaired) electrons. The molecule has 5 nitrogen and oxygen atoms in total. The Hall–Kier alpha value is -1.66. The monoisotopic (exact) mass is 365 g/mol. The average Bonchev–Trinajstić information content (AvgIpc) is 2.93. The molecule has 1 atom stereocenters. The highest BCUT2D eigenvalue weighted by Crippen LogP contribution is 2.32. The summed E-state index contributed by atoms with van der Waals surface area (Å²) in [4.78, 5) is 25.5. The summed E-state index contributed by atoms with van der Waals surface area (Å²) in [5.41, 5.74) is 1.19. The Labute approximate surface area is 138 Å². The summed E-state index contributed by atoms with van der Waals surface area (Å²) >= 11 is 3.48. The molecule has 1 aliphatic heterocycles. The molecule has 1 aliphatic rings. The van der Waals surface area contributed by atoms with Crippen LogP contribution in [0.25, 0.3) is 0 Å². The molecule has 118 valence electrons. The minimum absolute atomic E-state index is 0.221. The molecule has 0 aliphatic carbocycles. The maximum absolute atomic E-state index is 12.0. The number of imide groups is 1. The van der Waals surface area contributed by atoms with Gasteiger partial charge < -0.3 is 5.32 Å². The first-order valence-corrected chi connectivity index (χ1v) is 8.07. The number of nitrogens with one attached hydrogen (secondary N) is 2. The quantitative estimate of drug-likeness (QED) is 0.788. The molecule has 0 saturated carbocycles. The van der Waals surface area contributed by atoms with Gasteiger partial charge in [-0.15, -0.1) is 6.58 Å². The van der Waals surface area contributed by atoms with Gasteiger partial charge in [0.2, 0.25) is 5.91 Å². The molecule has 22 heavy (non-hydrogen) atoms. The lowest BCUT2D eigenvalue weighted by Crippen LogP contribution is -2.44. The molecule has 1 aromatic rings. The smallest absolute Gasteiger partial charge is 0.321 e. The second-order valence-corrected chi connectivity index (χ2v) is 6.15. The van der Waals surface area contributed by atoms with Crippen LogP contribution in [0.4, 0.5) is 4.79 Å². The second-order valence-electron chi connectivity index (χ2n) is 5.23. The molecular formula is C16H20BrN3O2. The van der Waals surface area contributed by atoms with Crippen LogP contribution in [0, 0.1) is 0 Å². The lowest BCUT2D eigenvalue weighted by Gasteiger charge is -2.24. The van der Waals surface area contributed by atoms with Gasteiger partial charge in [-0.05, 0) is 37.1 Å². The third kappa shape index (κ3) is 4.68. The molecule has 1 unspecified atom stereocenters. The summed E-state index contributed by atoms with van der Waals surface area (Å²) in [7, 11) is 0. The van der Waals surface area contributed by atoms with Crippen LogP contribution in [0.1, 0.15) is 24.4 Å². The Morgan fingerprint density at radius 1 is 1.45 bits per heavy atom. The topological polar surface area (TPSA) is 61.4 Å². The number of carbonyl (C=O) groups is 2. The van der Waals surface area contributed by atoms with Crippen LogP contribution in [0.5, 0.6) is 0 Å². The number of benzene rings is 1. The van der Waals surface area contributed by atoms with E-state index >= 15 is 0 Å². The SMILES string of the molecule is C=CCNC(=O)NC(=O)CN1CCCC1c1cccc(Br)c1. The minimum Gasteiger partial charge on any atom is -0.334 e. The summed E-state index contributed by atoms with van der Waals surface area (Å²) in [6.07, 6.45) is 3.63. The molecule has 6 heteroatoms. The first-order chi connectivity index (χ1) is 10.6. The van der Waals surface area contributed by atoms with Gasteiger partial charge in [0.1, 0.15) is 0 Å². The largest absolute Gasteiger partial charge is 0.334 e. The van der Waals surface area contributed by atoms with Crippen LogP contribution in [0.15, 0.2) is 41.4 Å². The average molecular weight is 366 g/mol. The van der Waals surface area contributed by atoms with E-state index in [0.29, 0.717) is 6.54 Å². The Morgan fingerprint density at radius 3 is 3.00 bits per heavy atom. The number of urea groups is 1. The van der Waals surface area contributed by atoms with Crippen molar-refractivity contribution < 1.29 is 9.59 Å². The number of rotatable bonds is 5. The van der Waals surface area contributed by atoms with E-state index in [4.69, 9.17) is 0 Å². The Balaban J connectivity index is 1.92. The normalized spacial score (nSPS) is 18.0. The predicted octanol–water partition coefficient (Wildman–Crippen LogP) is 2.60. The van der Waals surface area contributed by atoms with E-state index in [1.54, 1.807) is 6.08 Å². The van der Waals surface area contributed by atoms with E-state index in [0.717, 1.165) is 23.9 Å². The van der Waals surface area contributed by atoms with Crippen LogP contribution in [0.2, 0.25) is 0 Å². The van der Waals surface area contributed by atoms with Crippen molar-refractivity contribution in [2.75, 3.05) is 19.6 Å². The molecule has 0 aromatic heterocycles. The predicted molar refractivity (Wildman–Crippen MR) is 89.4 cm³/mol. The molecule has 0 spiro atoms. The van der Waals surface area contributed by atoms with Gasteiger partial charge in [-0.2, -0.15) is 0 Å². The molecule has 1 saturated heterocycles. The van der Waals surface area contributed by atoms with E-state index < -0.39 is 6.03 Å². The van der Waals surface area contributed by atoms with Crippen LogP contribution in [-0.2, 0) is 4.79 Å². The standard InChI is InChI=1S/C16H20BrN3O2/c1-2-8-18-16(22)19-15(21)11-20-9-4-7-14(20)12-5-3-6-13(17)10-12/h2-3,5-6,10,14H,1,4,7-9,11H2,(H2,18,19,21,22). The number of nitrogens with zero attached hydrogens (tertiary/aromatic N) is 1. The Bertz CT molecular complexity index is 562. The van der Waals surface area contributed by atoms with Crippen molar-refractivity contribution in [1.29, 1.82) is 0 Å². The maximum Gasteiger partial charge on any atom is 0.321 e. The van der Waals surface area contributed by atoms with Crippen molar-refractivity contribution in [2.45, 2.75) is 18.9 Å². The first-order valence-electron chi connectivity index (χ1n) is 7.28. The highest BCUT2D eigenvalue weighted by atomic mass is 79.9. The number of carbonyl (C=O) groups excluding carboxylic acids is 2. The molecule has 3 amide bonds. The van der Waals surface area contributed by atoms with Crippen LogP contribution < -0.4 is 10.6 Å². The fourth-order valence-corrected chi connectivity index (χ4v) is 3.08. The summed E-state index contributed by atoms with van der Waals surface area (Å²) in [6.45, 7) is 4.92. The van der Waals surface area contributed by atoms with E-state index in [-0.39, 0.29) is 18.5 Å².